The second-order valence-corrected chi connectivity index (χ2v) is 3.95. The molecule has 1 heterocycles. The Morgan fingerprint density at radius 1 is 1.42 bits per heavy atom. The highest BCUT2D eigenvalue weighted by Gasteiger charge is 2.31. The lowest BCUT2D eigenvalue weighted by Gasteiger charge is -2.37. The molecule has 1 aliphatic heterocycles. The SMILES string of the molecule is O=C(CC1CCC1)N1CC(O)C1. The molecule has 0 spiro atoms. The van der Waals surface area contributed by atoms with Crippen LogP contribution in [0.15, 0.2) is 0 Å². The number of aliphatic hydroxyl groups is 1. The van der Waals surface area contributed by atoms with Gasteiger partial charge in [0.05, 0.1) is 6.10 Å². The summed E-state index contributed by atoms with van der Waals surface area (Å²) in [6.07, 6.45) is 4.20. The van der Waals surface area contributed by atoms with Crippen LogP contribution in [0.25, 0.3) is 0 Å². The number of rotatable bonds is 2. The molecule has 0 aromatic heterocycles. The molecule has 0 aromatic rings. The van der Waals surface area contributed by atoms with Crippen molar-refractivity contribution in [3.05, 3.63) is 0 Å². The average Bonchev–Trinajstić information content (AvgIpc) is 1.90. The second kappa shape index (κ2) is 3.05. The van der Waals surface area contributed by atoms with Gasteiger partial charge in [-0.3, -0.25) is 4.79 Å². The minimum absolute atomic E-state index is 0.241. The monoisotopic (exact) mass is 169 g/mol. The first kappa shape index (κ1) is 8.05. The summed E-state index contributed by atoms with van der Waals surface area (Å²) in [5.41, 5.74) is 0. The van der Waals surface area contributed by atoms with Crippen LogP contribution in [0.5, 0.6) is 0 Å². The highest BCUT2D eigenvalue weighted by Crippen LogP contribution is 2.30. The summed E-state index contributed by atoms with van der Waals surface area (Å²) in [7, 11) is 0. The van der Waals surface area contributed by atoms with E-state index in [-0.39, 0.29) is 12.0 Å². The average molecular weight is 169 g/mol. The molecule has 1 amide bonds. The quantitative estimate of drug-likeness (QED) is 0.649. The Kier molecular flexibility index (Phi) is 2.05. The van der Waals surface area contributed by atoms with Crippen molar-refractivity contribution in [2.75, 3.05) is 13.1 Å². The number of aliphatic hydroxyl groups excluding tert-OH is 1. The minimum atomic E-state index is -0.254. The second-order valence-electron chi connectivity index (χ2n) is 3.95. The van der Waals surface area contributed by atoms with Crippen LogP contribution in [0.2, 0.25) is 0 Å². The van der Waals surface area contributed by atoms with Crippen molar-refractivity contribution in [2.45, 2.75) is 31.8 Å². The zero-order valence-electron chi connectivity index (χ0n) is 7.20. The van der Waals surface area contributed by atoms with Gasteiger partial charge in [0.1, 0.15) is 0 Å². The highest BCUT2D eigenvalue weighted by molar-refractivity contribution is 5.77. The lowest BCUT2D eigenvalue weighted by molar-refractivity contribution is -0.142. The number of hydrogen-bond donors (Lipinski definition) is 1. The lowest BCUT2D eigenvalue weighted by Crippen LogP contribution is -2.53. The van der Waals surface area contributed by atoms with E-state index in [9.17, 15) is 4.79 Å². The van der Waals surface area contributed by atoms with Gasteiger partial charge in [0.25, 0.3) is 0 Å². The number of β-amino-alcohol motifs (C(OH)–C–C–N with tert-alkyl or cyclic N) is 1. The molecular formula is C9H15NO2. The van der Waals surface area contributed by atoms with Gasteiger partial charge in [0.2, 0.25) is 5.91 Å². The zero-order chi connectivity index (χ0) is 8.55. The van der Waals surface area contributed by atoms with E-state index in [1.807, 2.05) is 0 Å². The Hall–Kier alpha value is -0.570. The molecule has 0 bridgehead atoms. The molecule has 1 N–H and O–H groups in total. The Morgan fingerprint density at radius 2 is 2.08 bits per heavy atom. The summed E-state index contributed by atoms with van der Waals surface area (Å²) in [5, 5.41) is 8.98. The van der Waals surface area contributed by atoms with Crippen molar-refractivity contribution in [1.82, 2.24) is 4.90 Å². The Labute approximate surface area is 72.4 Å². The van der Waals surface area contributed by atoms with Crippen LogP contribution in [-0.4, -0.2) is 35.1 Å². The van der Waals surface area contributed by atoms with E-state index in [1.165, 1.54) is 19.3 Å². The Morgan fingerprint density at radius 3 is 2.50 bits per heavy atom. The first-order valence-electron chi connectivity index (χ1n) is 4.71. The summed E-state index contributed by atoms with van der Waals surface area (Å²) < 4.78 is 0. The molecule has 1 saturated carbocycles. The van der Waals surface area contributed by atoms with Crippen molar-refractivity contribution in [3.63, 3.8) is 0 Å². The summed E-state index contributed by atoms with van der Waals surface area (Å²) in [5.74, 6) is 0.889. The number of likely N-dealkylation sites (tertiary alicyclic amines) is 1. The topological polar surface area (TPSA) is 40.5 Å². The van der Waals surface area contributed by atoms with E-state index in [4.69, 9.17) is 5.11 Å². The normalized spacial score (nSPS) is 24.9. The fraction of sp³-hybridized carbons (Fsp3) is 0.889. The predicted molar refractivity (Wildman–Crippen MR) is 44.5 cm³/mol. The van der Waals surface area contributed by atoms with Crippen LogP contribution in [0, 0.1) is 5.92 Å². The third kappa shape index (κ3) is 1.46. The lowest BCUT2D eigenvalue weighted by atomic mass is 9.82. The summed E-state index contributed by atoms with van der Waals surface area (Å²) >= 11 is 0. The summed E-state index contributed by atoms with van der Waals surface area (Å²) in [6.45, 7) is 1.12. The molecule has 0 atom stereocenters. The molecule has 2 rings (SSSR count). The first-order valence-corrected chi connectivity index (χ1v) is 4.71. The molecule has 3 nitrogen and oxygen atoms in total. The van der Waals surface area contributed by atoms with Crippen LogP contribution in [0.3, 0.4) is 0 Å². The largest absolute Gasteiger partial charge is 0.389 e. The molecule has 68 valence electrons. The zero-order valence-corrected chi connectivity index (χ0v) is 7.20. The number of carbonyl (C=O) groups is 1. The molecule has 12 heavy (non-hydrogen) atoms. The third-order valence-electron chi connectivity index (χ3n) is 2.90. The van der Waals surface area contributed by atoms with Crippen molar-refractivity contribution in [1.29, 1.82) is 0 Å². The fourth-order valence-corrected chi connectivity index (χ4v) is 1.73. The van der Waals surface area contributed by atoms with Crippen LogP contribution in [-0.2, 0) is 4.79 Å². The van der Waals surface area contributed by atoms with Crippen molar-refractivity contribution >= 4 is 5.91 Å². The van der Waals surface area contributed by atoms with Crippen LogP contribution < -0.4 is 0 Å². The van der Waals surface area contributed by atoms with Crippen molar-refractivity contribution in [3.8, 4) is 0 Å². The highest BCUT2D eigenvalue weighted by atomic mass is 16.3. The van der Waals surface area contributed by atoms with E-state index in [0.717, 1.165) is 0 Å². The van der Waals surface area contributed by atoms with E-state index in [0.29, 0.717) is 25.4 Å². The first-order chi connectivity index (χ1) is 5.75. The molecule has 0 unspecified atom stereocenters. The van der Waals surface area contributed by atoms with Crippen molar-refractivity contribution in [2.24, 2.45) is 5.92 Å². The van der Waals surface area contributed by atoms with Gasteiger partial charge < -0.3 is 10.0 Å². The standard InChI is InChI=1S/C9H15NO2/c11-8-5-10(6-8)9(12)4-7-2-1-3-7/h7-8,11H,1-6H2. The van der Waals surface area contributed by atoms with E-state index in [2.05, 4.69) is 0 Å². The van der Waals surface area contributed by atoms with Gasteiger partial charge in [-0.1, -0.05) is 6.42 Å². The molecule has 3 heteroatoms. The maximum Gasteiger partial charge on any atom is 0.223 e. The van der Waals surface area contributed by atoms with Gasteiger partial charge in [-0.05, 0) is 18.8 Å². The summed E-state index contributed by atoms with van der Waals surface area (Å²) in [6, 6.07) is 0. The third-order valence-corrected chi connectivity index (χ3v) is 2.90. The van der Waals surface area contributed by atoms with Crippen molar-refractivity contribution < 1.29 is 9.90 Å². The smallest absolute Gasteiger partial charge is 0.223 e. The van der Waals surface area contributed by atoms with Gasteiger partial charge in [-0.2, -0.15) is 0 Å². The van der Waals surface area contributed by atoms with Gasteiger partial charge in [0, 0.05) is 19.5 Å². The molecule has 1 aliphatic carbocycles. The fourth-order valence-electron chi connectivity index (χ4n) is 1.73. The van der Waals surface area contributed by atoms with Crippen LogP contribution in [0.4, 0.5) is 0 Å². The molecule has 0 aromatic carbocycles. The number of nitrogens with zero attached hydrogens (tertiary/aromatic N) is 1. The molecule has 2 aliphatic rings. The van der Waals surface area contributed by atoms with E-state index >= 15 is 0 Å². The maximum absolute atomic E-state index is 11.4. The minimum Gasteiger partial charge on any atom is -0.389 e. The van der Waals surface area contributed by atoms with E-state index < -0.39 is 0 Å². The molecule has 0 radical (unpaired) electrons. The number of carbonyl (C=O) groups excluding carboxylic acids is 1. The number of hydrogen-bond acceptors (Lipinski definition) is 2. The predicted octanol–water partition coefficient (Wildman–Crippen LogP) is 0.380. The van der Waals surface area contributed by atoms with Crippen LogP contribution in [0.1, 0.15) is 25.7 Å². The Bertz CT molecular complexity index is 183. The molecule has 1 saturated heterocycles. The number of amides is 1. The molecule has 2 fully saturated rings. The van der Waals surface area contributed by atoms with E-state index in [1.54, 1.807) is 4.90 Å². The molecular weight excluding hydrogens is 154 g/mol. The van der Waals surface area contributed by atoms with Crippen LogP contribution >= 0.6 is 0 Å². The van der Waals surface area contributed by atoms with Gasteiger partial charge >= 0.3 is 0 Å². The maximum atomic E-state index is 11.4. The van der Waals surface area contributed by atoms with Gasteiger partial charge in [0.15, 0.2) is 0 Å². The van der Waals surface area contributed by atoms with Gasteiger partial charge in [-0.15, -0.1) is 0 Å². The summed E-state index contributed by atoms with van der Waals surface area (Å²) in [4.78, 5) is 13.1. The Balaban J connectivity index is 1.70. The van der Waals surface area contributed by atoms with Gasteiger partial charge in [-0.25, -0.2) is 0 Å².